The number of imidazole rings is 1. The molecule has 0 radical (unpaired) electrons. The first-order valence-corrected chi connectivity index (χ1v) is 18.8. The van der Waals surface area contributed by atoms with Gasteiger partial charge in [0.15, 0.2) is 0 Å². The van der Waals surface area contributed by atoms with Crippen LogP contribution in [0.1, 0.15) is 22.3 Å². The average molecular weight is 694 g/mol. The van der Waals surface area contributed by atoms with Crippen LogP contribution in [0.15, 0.2) is 188 Å². The lowest BCUT2D eigenvalue weighted by Crippen LogP contribution is -2.28. The van der Waals surface area contributed by atoms with Crippen LogP contribution in [-0.2, 0) is 5.41 Å². The molecule has 0 amide bonds. The highest BCUT2D eigenvalue weighted by Gasteiger charge is 2.46. The summed E-state index contributed by atoms with van der Waals surface area (Å²) in [6.07, 6.45) is 6.03. The molecule has 0 saturated heterocycles. The van der Waals surface area contributed by atoms with Gasteiger partial charge in [0.2, 0.25) is 0 Å². The van der Waals surface area contributed by atoms with E-state index in [9.17, 15) is 0 Å². The minimum absolute atomic E-state index is 0.513. The summed E-state index contributed by atoms with van der Waals surface area (Å²) in [6.45, 7) is 0. The zero-order chi connectivity index (χ0) is 34.9. The van der Waals surface area contributed by atoms with E-state index in [1.54, 1.807) is 11.3 Å². The van der Waals surface area contributed by atoms with Gasteiger partial charge >= 0.3 is 0 Å². The maximum absolute atomic E-state index is 5.01. The topological polar surface area (TPSA) is 30.2 Å². The van der Waals surface area contributed by atoms with E-state index >= 15 is 0 Å². The van der Waals surface area contributed by atoms with Gasteiger partial charge < -0.3 is 0 Å². The Hall–Kier alpha value is -6.62. The molecule has 1 aliphatic carbocycles. The molecule has 0 bridgehead atoms. The molecule has 0 atom stereocenters. The fraction of sp³-hybridized carbons (Fsp3) is 0.0204. The number of rotatable bonds is 5. The van der Waals surface area contributed by atoms with E-state index in [4.69, 9.17) is 4.98 Å². The Kier molecular flexibility index (Phi) is 6.64. The lowest BCUT2D eigenvalue weighted by Gasteiger charge is -2.34. The zero-order valence-corrected chi connectivity index (χ0v) is 29.5. The maximum atomic E-state index is 5.01. The fourth-order valence-electron chi connectivity index (χ4n) is 8.58. The van der Waals surface area contributed by atoms with Gasteiger partial charge in [-0.2, -0.15) is 0 Å². The van der Waals surface area contributed by atoms with Crippen molar-refractivity contribution in [2.75, 3.05) is 0 Å². The standard InChI is InChI=1S/C49H31N3S/c1-3-14-38(15-4-1)49(39-16-5-2-6-17-39)43-28-34(20-23-40(43)41-24-21-35(29-44(41)49)36-13-10-26-50-30-36)32-11-9-12-33(27-32)37-22-25-46-51-47-42-18-7-8-19-45(42)53-48(47)52(46)31-37/h1-31H. The second kappa shape index (κ2) is 11.7. The molecule has 11 rings (SSSR count). The predicted octanol–water partition coefficient (Wildman–Crippen LogP) is 12.5. The highest BCUT2D eigenvalue weighted by Crippen LogP contribution is 2.57. The van der Waals surface area contributed by atoms with Crippen molar-refractivity contribution in [1.29, 1.82) is 0 Å². The molecule has 6 aromatic carbocycles. The van der Waals surface area contributed by atoms with Crippen LogP contribution in [0.2, 0.25) is 0 Å². The normalized spacial score (nSPS) is 13.1. The van der Waals surface area contributed by atoms with Crippen molar-refractivity contribution in [2.45, 2.75) is 5.41 Å². The van der Waals surface area contributed by atoms with E-state index in [0.29, 0.717) is 0 Å². The van der Waals surface area contributed by atoms with Crippen LogP contribution in [0.5, 0.6) is 0 Å². The van der Waals surface area contributed by atoms with Crippen LogP contribution in [0.4, 0.5) is 0 Å². The van der Waals surface area contributed by atoms with Crippen molar-refractivity contribution >= 4 is 37.4 Å². The van der Waals surface area contributed by atoms with Crippen LogP contribution in [0.3, 0.4) is 0 Å². The molecule has 0 spiro atoms. The Labute approximate surface area is 311 Å². The third kappa shape index (κ3) is 4.52. The number of thiophene rings is 1. The van der Waals surface area contributed by atoms with Crippen LogP contribution >= 0.6 is 11.3 Å². The quantitative estimate of drug-likeness (QED) is 0.180. The molecule has 3 nitrogen and oxygen atoms in total. The molecule has 4 aromatic heterocycles. The average Bonchev–Trinajstić information content (AvgIpc) is 3.88. The van der Waals surface area contributed by atoms with Crippen molar-refractivity contribution in [3.63, 3.8) is 0 Å². The molecular weight excluding hydrogens is 663 g/mol. The van der Waals surface area contributed by atoms with E-state index < -0.39 is 5.41 Å². The van der Waals surface area contributed by atoms with Gasteiger partial charge in [0.25, 0.3) is 0 Å². The first-order valence-electron chi connectivity index (χ1n) is 18.0. The highest BCUT2D eigenvalue weighted by atomic mass is 32.1. The molecule has 0 aliphatic heterocycles. The van der Waals surface area contributed by atoms with Crippen molar-refractivity contribution in [1.82, 2.24) is 14.4 Å². The maximum Gasteiger partial charge on any atom is 0.138 e. The monoisotopic (exact) mass is 693 g/mol. The Morgan fingerprint density at radius 2 is 1.09 bits per heavy atom. The summed E-state index contributed by atoms with van der Waals surface area (Å²) in [5, 5.41) is 1.22. The molecule has 1 aliphatic rings. The lowest BCUT2D eigenvalue weighted by atomic mass is 9.67. The number of pyridine rings is 2. The molecular formula is C49H31N3S. The summed E-state index contributed by atoms with van der Waals surface area (Å²) < 4.78 is 3.52. The summed E-state index contributed by atoms with van der Waals surface area (Å²) in [6, 6.07) is 62.1. The molecule has 0 saturated carbocycles. The first-order chi connectivity index (χ1) is 26.3. The zero-order valence-electron chi connectivity index (χ0n) is 28.6. The molecule has 53 heavy (non-hydrogen) atoms. The van der Waals surface area contributed by atoms with Crippen molar-refractivity contribution < 1.29 is 0 Å². The van der Waals surface area contributed by atoms with Crippen LogP contribution < -0.4 is 0 Å². The minimum Gasteiger partial charge on any atom is -0.290 e. The highest BCUT2D eigenvalue weighted by molar-refractivity contribution is 7.25. The van der Waals surface area contributed by atoms with Crippen molar-refractivity contribution in [3.8, 4) is 44.5 Å². The van der Waals surface area contributed by atoms with E-state index in [-0.39, 0.29) is 0 Å². The Morgan fingerprint density at radius 3 is 1.79 bits per heavy atom. The first kappa shape index (κ1) is 30.0. The molecule has 0 fully saturated rings. The number of nitrogens with zero attached hydrogens (tertiary/aromatic N) is 3. The Morgan fingerprint density at radius 1 is 0.491 bits per heavy atom. The third-order valence-corrected chi connectivity index (χ3v) is 12.2. The smallest absolute Gasteiger partial charge is 0.138 e. The number of aromatic nitrogens is 3. The predicted molar refractivity (Wildman–Crippen MR) is 219 cm³/mol. The van der Waals surface area contributed by atoms with Gasteiger partial charge in [0.05, 0.1) is 5.41 Å². The largest absolute Gasteiger partial charge is 0.290 e. The van der Waals surface area contributed by atoms with Gasteiger partial charge in [-0.1, -0.05) is 127 Å². The molecule has 0 N–H and O–H groups in total. The molecule has 10 aromatic rings. The Bertz CT molecular complexity index is 2960. The Balaban J connectivity index is 1.09. The molecule has 248 valence electrons. The van der Waals surface area contributed by atoms with Crippen LogP contribution in [0, 0.1) is 0 Å². The summed E-state index contributed by atoms with van der Waals surface area (Å²) >= 11 is 1.80. The lowest BCUT2D eigenvalue weighted by molar-refractivity contribution is 0.769. The number of benzene rings is 6. The van der Waals surface area contributed by atoms with Gasteiger partial charge in [0, 0.05) is 28.7 Å². The summed E-state index contributed by atoms with van der Waals surface area (Å²) in [4.78, 5) is 10.6. The second-order valence-corrected chi connectivity index (χ2v) is 14.9. The summed E-state index contributed by atoms with van der Waals surface area (Å²) in [7, 11) is 0. The van der Waals surface area contributed by atoms with Crippen molar-refractivity contribution in [3.05, 3.63) is 211 Å². The molecule has 4 heterocycles. The second-order valence-electron chi connectivity index (χ2n) is 13.8. The van der Waals surface area contributed by atoms with E-state index in [0.717, 1.165) is 27.9 Å². The fourth-order valence-corrected chi connectivity index (χ4v) is 9.71. The third-order valence-electron chi connectivity index (χ3n) is 11.0. The van der Waals surface area contributed by atoms with Gasteiger partial charge in [-0.25, -0.2) is 4.98 Å². The minimum atomic E-state index is -0.513. The number of fused-ring (bicyclic) bond motifs is 8. The van der Waals surface area contributed by atoms with E-state index in [1.165, 1.54) is 65.0 Å². The molecule has 0 unspecified atom stereocenters. The van der Waals surface area contributed by atoms with Crippen molar-refractivity contribution in [2.24, 2.45) is 0 Å². The van der Waals surface area contributed by atoms with Gasteiger partial charge in [-0.15, -0.1) is 11.3 Å². The van der Waals surface area contributed by atoms with E-state index in [2.05, 4.69) is 179 Å². The van der Waals surface area contributed by atoms with Crippen LogP contribution in [0.25, 0.3) is 70.6 Å². The molecule has 4 heteroatoms. The van der Waals surface area contributed by atoms with E-state index in [1.807, 2.05) is 18.5 Å². The van der Waals surface area contributed by atoms with Gasteiger partial charge in [-0.3, -0.25) is 9.38 Å². The van der Waals surface area contributed by atoms with Crippen LogP contribution in [-0.4, -0.2) is 14.4 Å². The number of hydrogen-bond acceptors (Lipinski definition) is 3. The summed E-state index contributed by atoms with van der Waals surface area (Å²) in [5.74, 6) is 0. The van der Waals surface area contributed by atoms with Gasteiger partial charge in [0.1, 0.15) is 16.0 Å². The number of hydrogen-bond donors (Lipinski definition) is 0. The van der Waals surface area contributed by atoms with Gasteiger partial charge in [-0.05, 0) is 109 Å². The summed E-state index contributed by atoms with van der Waals surface area (Å²) in [5.41, 5.74) is 16.1. The SMILES string of the molecule is c1ccc(C2(c3ccccc3)c3cc(-c4cccnc4)ccc3-c3ccc(-c4cccc(-c5ccc6nc7c8ccccc8sc7n6c5)c4)cc32)cc1.